The Bertz CT molecular complexity index is 935. The zero-order chi connectivity index (χ0) is 18.5. The van der Waals surface area contributed by atoms with Crippen LogP contribution in [-0.2, 0) is 0 Å². The van der Waals surface area contributed by atoms with Crippen LogP contribution in [0.5, 0.6) is 11.5 Å². The first kappa shape index (κ1) is 17.4. The second kappa shape index (κ2) is 8.10. The third-order valence-electron chi connectivity index (χ3n) is 4.21. The van der Waals surface area contributed by atoms with Crippen LogP contribution in [0.3, 0.4) is 0 Å². The number of rotatable bonds is 5. The summed E-state index contributed by atoms with van der Waals surface area (Å²) in [5.74, 6) is 1.36. The van der Waals surface area contributed by atoms with E-state index in [0.717, 1.165) is 11.3 Å². The molecule has 3 aromatic rings. The van der Waals surface area contributed by atoms with E-state index in [0.29, 0.717) is 36.1 Å². The lowest BCUT2D eigenvalue weighted by Gasteiger charge is -2.24. The molecule has 4 rings (SSSR count). The highest BCUT2D eigenvalue weighted by molar-refractivity contribution is 7.12. The van der Waals surface area contributed by atoms with Crippen LogP contribution in [0.1, 0.15) is 15.2 Å². The van der Waals surface area contributed by atoms with Crippen LogP contribution >= 0.6 is 11.3 Å². The Kier molecular flexibility index (Phi) is 5.21. The monoisotopic (exact) mass is 377 g/mol. The van der Waals surface area contributed by atoms with E-state index in [1.165, 1.54) is 11.3 Å². The molecule has 1 aliphatic heterocycles. The highest BCUT2D eigenvalue weighted by atomic mass is 32.1. The van der Waals surface area contributed by atoms with Gasteiger partial charge in [-0.2, -0.15) is 0 Å². The summed E-state index contributed by atoms with van der Waals surface area (Å²) in [6.07, 6.45) is 4.02. The van der Waals surface area contributed by atoms with Gasteiger partial charge in [-0.15, -0.1) is 11.3 Å². The Morgan fingerprint density at radius 3 is 2.59 bits per heavy atom. The van der Waals surface area contributed by atoms with Crippen molar-refractivity contribution in [1.82, 2.24) is 0 Å². The van der Waals surface area contributed by atoms with Crippen molar-refractivity contribution in [3.8, 4) is 11.5 Å². The lowest BCUT2D eigenvalue weighted by Crippen LogP contribution is -2.30. The van der Waals surface area contributed by atoms with E-state index in [1.807, 2.05) is 78.2 Å². The first-order chi connectivity index (χ1) is 13.3. The lowest BCUT2D eigenvalue weighted by molar-refractivity contribution is 0.0993. The van der Waals surface area contributed by atoms with E-state index in [4.69, 9.17) is 9.47 Å². The first-order valence-electron chi connectivity index (χ1n) is 8.78. The highest BCUT2D eigenvalue weighted by Crippen LogP contribution is 2.34. The van der Waals surface area contributed by atoms with Crippen molar-refractivity contribution in [2.45, 2.75) is 0 Å². The van der Waals surface area contributed by atoms with E-state index in [9.17, 15) is 4.79 Å². The van der Waals surface area contributed by atoms with Crippen molar-refractivity contribution >= 4 is 29.0 Å². The number of hydrogen-bond acceptors (Lipinski definition) is 4. The van der Waals surface area contributed by atoms with Gasteiger partial charge >= 0.3 is 0 Å². The number of anilines is 1. The summed E-state index contributed by atoms with van der Waals surface area (Å²) in [5.41, 5.74) is 1.89. The van der Waals surface area contributed by atoms with Gasteiger partial charge in [0.1, 0.15) is 13.2 Å². The molecular weight excluding hydrogens is 358 g/mol. The first-order valence-corrected chi connectivity index (χ1v) is 9.66. The molecule has 0 bridgehead atoms. The summed E-state index contributed by atoms with van der Waals surface area (Å²) in [6, 6.07) is 19.4. The van der Waals surface area contributed by atoms with Crippen molar-refractivity contribution in [3.05, 3.63) is 82.6 Å². The maximum Gasteiger partial charge on any atom is 0.268 e. The minimum atomic E-state index is -0.0283. The largest absolute Gasteiger partial charge is 0.486 e. The summed E-state index contributed by atoms with van der Waals surface area (Å²) < 4.78 is 11.3. The molecule has 0 unspecified atom stereocenters. The van der Waals surface area contributed by atoms with Crippen molar-refractivity contribution in [2.24, 2.45) is 0 Å². The summed E-state index contributed by atoms with van der Waals surface area (Å²) in [7, 11) is 0. The molecule has 0 saturated carbocycles. The van der Waals surface area contributed by atoms with Crippen molar-refractivity contribution in [1.29, 1.82) is 0 Å². The van der Waals surface area contributed by atoms with Gasteiger partial charge in [0.25, 0.3) is 5.91 Å². The average Bonchev–Trinajstić information content (AvgIpc) is 3.26. The van der Waals surface area contributed by atoms with Crippen molar-refractivity contribution < 1.29 is 14.3 Å². The zero-order valence-corrected chi connectivity index (χ0v) is 15.5. The molecular formula is C22H19NO3S. The molecule has 0 aliphatic carbocycles. The quantitative estimate of drug-likeness (QED) is 0.636. The van der Waals surface area contributed by atoms with Crippen LogP contribution in [0.2, 0.25) is 0 Å². The highest BCUT2D eigenvalue weighted by Gasteiger charge is 2.20. The van der Waals surface area contributed by atoms with Gasteiger partial charge in [0.15, 0.2) is 11.5 Å². The van der Waals surface area contributed by atoms with Gasteiger partial charge in [-0.05, 0) is 29.1 Å². The second-order valence-electron chi connectivity index (χ2n) is 6.03. The molecule has 0 atom stereocenters. The van der Waals surface area contributed by atoms with Crippen molar-refractivity contribution in [2.75, 3.05) is 24.7 Å². The number of fused-ring (bicyclic) bond motifs is 1. The number of hydrogen-bond donors (Lipinski definition) is 0. The van der Waals surface area contributed by atoms with Crippen LogP contribution in [-0.4, -0.2) is 25.7 Å². The normalized spacial score (nSPS) is 12.9. The van der Waals surface area contributed by atoms with Crippen LogP contribution in [0.4, 0.5) is 5.69 Å². The van der Waals surface area contributed by atoms with Crippen LogP contribution in [0, 0.1) is 0 Å². The molecule has 4 nitrogen and oxygen atoms in total. The summed E-state index contributed by atoms with van der Waals surface area (Å²) >= 11 is 1.44. The molecule has 5 heteroatoms. The molecule has 0 spiro atoms. The molecule has 2 aromatic carbocycles. The predicted octanol–water partition coefficient (Wildman–Crippen LogP) is 4.88. The number of nitrogens with zero attached hydrogens (tertiary/aromatic N) is 1. The standard InChI is InChI=1S/C22H19NO3S/c24-22(21-9-5-15-27-21)23(12-4-8-17-6-2-1-3-7-17)18-10-11-19-20(16-18)26-14-13-25-19/h1-11,15-16H,12-14H2/b8-4+. The molecule has 1 amide bonds. The fraction of sp³-hybridized carbons (Fsp3) is 0.136. The molecule has 0 saturated heterocycles. The van der Waals surface area contributed by atoms with Gasteiger partial charge in [0, 0.05) is 18.3 Å². The smallest absolute Gasteiger partial charge is 0.268 e. The van der Waals surface area contributed by atoms with Crippen LogP contribution in [0.25, 0.3) is 6.08 Å². The van der Waals surface area contributed by atoms with Gasteiger partial charge < -0.3 is 14.4 Å². The molecule has 0 radical (unpaired) electrons. The Morgan fingerprint density at radius 1 is 1.00 bits per heavy atom. The summed E-state index contributed by atoms with van der Waals surface area (Å²) in [4.78, 5) is 15.5. The lowest BCUT2D eigenvalue weighted by atomic mass is 10.2. The van der Waals surface area contributed by atoms with Crippen LogP contribution < -0.4 is 14.4 Å². The van der Waals surface area contributed by atoms with Gasteiger partial charge in [0.2, 0.25) is 0 Å². The molecule has 0 N–H and O–H groups in total. The van der Waals surface area contributed by atoms with E-state index in [2.05, 4.69) is 0 Å². The molecule has 1 aromatic heterocycles. The van der Waals surface area contributed by atoms with Crippen LogP contribution in [0.15, 0.2) is 72.1 Å². The van der Waals surface area contributed by atoms with E-state index in [-0.39, 0.29) is 5.91 Å². The number of carbonyl (C=O) groups excluding carboxylic acids is 1. The number of carbonyl (C=O) groups is 1. The number of amides is 1. The predicted molar refractivity (Wildman–Crippen MR) is 109 cm³/mol. The molecule has 27 heavy (non-hydrogen) atoms. The second-order valence-corrected chi connectivity index (χ2v) is 6.98. The Labute approximate surface area is 162 Å². The van der Waals surface area contributed by atoms with Gasteiger partial charge in [-0.3, -0.25) is 4.79 Å². The molecule has 1 aliphatic rings. The summed E-state index contributed by atoms with van der Waals surface area (Å²) in [6.45, 7) is 1.53. The molecule has 136 valence electrons. The Hall–Kier alpha value is -3.05. The van der Waals surface area contributed by atoms with E-state index >= 15 is 0 Å². The van der Waals surface area contributed by atoms with Gasteiger partial charge in [-0.1, -0.05) is 48.6 Å². The zero-order valence-electron chi connectivity index (χ0n) is 14.7. The van der Waals surface area contributed by atoms with E-state index < -0.39 is 0 Å². The minimum absolute atomic E-state index is 0.0283. The van der Waals surface area contributed by atoms with Gasteiger partial charge in [-0.25, -0.2) is 0 Å². The minimum Gasteiger partial charge on any atom is -0.486 e. The third kappa shape index (κ3) is 4.04. The number of thiophene rings is 1. The SMILES string of the molecule is O=C(c1cccs1)N(C/C=C/c1ccccc1)c1ccc2c(c1)OCCO2. The van der Waals surface area contributed by atoms with Gasteiger partial charge in [0.05, 0.1) is 4.88 Å². The average molecular weight is 377 g/mol. The molecule has 0 fully saturated rings. The maximum atomic E-state index is 13.0. The fourth-order valence-electron chi connectivity index (χ4n) is 2.90. The van der Waals surface area contributed by atoms with E-state index in [1.54, 1.807) is 4.90 Å². The topological polar surface area (TPSA) is 38.8 Å². The maximum absolute atomic E-state index is 13.0. The fourth-order valence-corrected chi connectivity index (χ4v) is 3.57. The van der Waals surface area contributed by atoms with Crippen molar-refractivity contribution in [3.63, 3.8) is 0 Å². The Morgan fingerprint density at radius 2 is 1.81 bits per heavy atom. The third-order valence-corrected chi connectivity index (χ3v) is 5.07. The number of benzene rings is 2. The number of ether oxygens (including phenoxy) is 2. The summed E-state index contributed by atoms with van der Waals surface area (Å²) in [5, 5.41) is 1.91. The molecule has 2 heterocycles. The Balaban J connectivity index is 1.61.